The maximum atomic E-state index is 14.6. The second kappa shape index (κ2) is 15.5. The van der Waals surface area contributed by atoms with Gasteiger partial charge in [0, 0.05) is 29.1 Å². The summed E-state index contributed by atoms with van der Waals surface area (Å²) in [5.74, 6) is -0.744. The SMILES string of the molecule is COc1ccccc1N(CC(=O)N(Cc1ccc(Cl)cc1Cl)C(Cc1ccccc1)C(=O)NC(C)C)S(=O)(=O)c1ccc(C)cc1. The number of nitrogens with zero attached hydrogens (tertiary/aromatic N) is 2. The van der Waals surface area contributed by atoms with Crippen LogP contribution in [0.25, 0.3) is 0 Å². The van der Waals surface area contributed by atoms with E-state index in [0.717, 1.165) is 15.4 Å². The maximum Gasteiger partial charge on any atom is 0.264 e. The van der Waals surface area contributed by atoms with E-state index in [1.54, 1.807) is 54.6 Å². The molecule has 0 saturated carbocycles. The number of rotatable bonds is 13. The van der Waals surface area contributed by atoms with E-state index in [9.17, 15) is 18.0 Å². The summed E-state index contributed by atoms with van der Waals surface area (Å²) in [5, 5.41) is 3.65. The quantitative estimate of drug-likeness (QED) is 0.170. The van der Waals surface area contributed by atoms with Crippen molar-refractivity contribution in [3.8, 4) is 5.75 Å². The number of carbonyl (C=O) groups is 2. The van der Waals surface area contributed by atoms with Gasteiger partial charge in [0.25, 0.3) is 10.0 Å². The zero-order chi connectivity index (χ0) is 33.4. The third-order valence-corrected chi connectivity index (χ3v) is 9.66. The Balaban J connectivity index is 1.85. The largest absolute Gasteiger partial charge is 0.495 e. The maximum absolute atomic E-state index is 14.6. The van der Waals surface area contributed by atoms with Gasteiger partial charge in [-0.2, -0.15) is 0 Å². The molecule has 0 heterocycles. The molecule has 0 aliphatic heterocycles. The lowest BCUT2D eigenvalue weighted by Crippen LogP contribution is -2.54. The number of amides is 2. The fourth-order valence-electron chi connectivity index (χ4n) is 4.95. The van der Waals surface area contributed by atoms with Crippen molar-refractivity contribution in [3.63, 3.8) is 0 Å². The van der Waals surface area contributed by atoms with E-state index in [2.05, 4.69) is 5.32 Å². The first-order chi connectivity index (χ1) is 21.9. The van der Waals surface area contributed by atoms with Crippen molar-refractivity contribution >= 4 is 50.7 Å². The van der Waals surface area contributed by atoms with Crippen LogP contribution in [0.3, 0.4) is 0 Å². The summed E-state index contributed by atoms with van der Waals surface area (Å²) in [6.45, 7) is 4.81. The number of hydrogen-bond donors (Lipinski definition) is 1. The molecule has 0 aliphatic carbocycles. The molecule has 242 valence electrons. The van der Waals surface area contributed by atoms with E-state index in [1.165, 1.54) is 24.1 Å². The van der Waals surface area contributed by atoms with Gasteiger partial charge in [-0.3, -0.25) is 13.9 Å². The van der Waals surface area contributed by atoms with Gasteiger partial charge in [-0.1, -0.05) is 89.4 Å². The van der Waals surface area contributed by atoms with Gasteiger partial charge in [0.05, 0.1) is 17.7 Å². The van der Waals surface area contributed by atoms with Gasteiger partial charge in [-0.25, -0.2) is 8.42 Å². The molecule has 0 radical (unpaired) electrons. The molecule has 0 aliphatic rings. The highest BCUT2D eigenvalue weighted by atomic mass is 35.5. The molecule has 4 aromatic carbocycles. The average molecular weight is 683 g/mol. The number of hydrogen-bond acceptors (Lipinski definition) is 5. The molecule has 4 aromatic rings. The molecular formula is C35H37Cl2N3O5S. The molecule has 1 atom stereocenters. The molecule has 4 rings (SSSR count). The minimum absolute atomic E-state index is 0.00230. The molecule has 0 spiro atoms. The van der Waals surface area contributed by atoms with Crippen molar-refractivity contribution in [1.29, 1.82) is 0 Å². The molecular weight excluding hydrogens is 645 g/mol. The summed E-state index contributed by atoms with van der Waals surface area (Å²) in [5.41, 5.74) is 2.42. The Hall–Kier alpha value is -4.05. The number of nitrogens with one attached hydrogen (secondary N) is 1. The van der Waals surface area contributed by atoms with Crippen molar-refractivity contribution < 1.29 is 22.7 Å². The first-order valence-electron chi connectivity index (χ1n) is 14.7. The minimum atomic E-state index is -4.28. The van der Waals surface area contributed by atoms with Gasteiger partial charge in [0.1, 0.15) is 18.3 Å². The number of methoxy groups -OCH3 is 1. The highest BCUT2D eigenvalue weighted by molar-refractivity contribution is 7.92. The molecule has 0 saturated heterocycles. The number of anilines is 1. The number of benzene rings is 4. The Morgan fingerprint density at radius 3 is 2.17 bits per heavy atom. The number of ether oxygens (including phenoxy) is 1. The second-order valence-corrected chi connectivity index (χ2v) is 13.8. The zero-order valence-corrected chi connectivity index (χ0v) is 28.4. The van der Waals surface area contributed by atoms with E-state index >= 15 is 0 Å². The Bertz CT molecular complexity index is 1770. The summed E-state index contributed by atoms with van der Waals surface area (Å²) in [4.78, 5) is 29.8. The van der Waals surface area contributed by atoms with Crippen LogP contribution in [0.1, 0.15) is 30.5 Å². The van der Waals surface area contributed by atoms with Gasteiger partial charge >= 0.3 is 0 Å². The molecule has 1 N–H and O–H groups in total. The summed E-state index contributed by atoms with van der Waals surface area (Å²) >= 11 is 12.7. The Labute approximate surface area is 280 Å². The van der Waals surface area contributed by atoms with Gasteiger partial charge in [-0.15, -0.1) is 0 Å². The Morgan fingerprint density at radius 2 is 1.54 bits per heavy atom. The molecule has 11 heteroatoms. The predicted molar refractivity (Wildman–Crippen MR) is 183 cm³/mol. The fraction of sp³-hybridized carbons (Fsp3) is 0.257. The van der Waals surface area contributed by atoms with E-state index in [4.69, 9.17) is 27.9 Å². The number of carbonyl (C=O) groups excluding carboxylic acids is 2. The van der Waals surface area contributed by atoms with E-state index in [-0.39, 0.29) is 41.2 Å². The number of para-hydroxylation sites is 2. The van der Waals surface area contributed by atoms with Crippen LogP contribution in [-0.2, 0) is 32.6 Å². The zero-order valence-electron chi connectivity index (χ0n) is 26.1. The first kappa shape index (κ1) is 34.8. The van der Waals surface area contributed by atoms with Crippen molar-refractivity contribution in [3.05, 3.63) is 124 Å². The summed E-state index contributed by atoms with van der Waals surface area (Å²) in [7, 11) is -2.85. The van der Waals surface area contributed by atoms with E-state index in [0.29, 0.717) is 15.6 Å². The normalized spacial score (nSPS) is 12.0. The predicted octanol–water partition coefficient (Wildman–Crippen LogP) is 6.67. The van der Waals surface area contributed by atoms with Crippen molar-refractivity contribution in [2.75, 3.05) is 18.0 Å². The van der Waals surface area contributed by atoms with Crippen molar-refractivity contribution in [2.24, 2.45) is 0 Å². The van der Waals surface area contributed by atoms with Crippen LogP contribution in [0.4, 0.5) is 5.69 Å². The molecule has 0 bridgehead atoms. The number of sulfonamides is 1. The number of aryl methyl sites for hydroxylation is 1. The molecule has 46 heavy (non-hydrogen) atoms. The third-order valence-electron chi connectivity index (χ3n) is 7.30. The molecule has 8 nitrogen and oxygen atoms in total. The van der Waals surface area contributed by atoms with Crippen LogP contribution in [-0.4, -0.2) is 50.9 Å². The van der Waals surface area contributed by atoms with Crippen molar-refractivity contribution in [1.82, 2.24) is 10.2 Å². The lowest BCUT2D eigenvalue weighted by molar-refractivity contribution is -0.140. The highest BCUT2D eigenvalue weighted by Gasteiger charge is 2.36. The van der Waals surface area contributed by atoms with Crippen LogP contribution in [0, 0.1) is 6.92 Å². The van der Waals surface area contributed by atoms with Crippen LogP contribution in [0.2, 0.25) is 10.0 Å². The first-order valence-corrected chi connectivity index (χ1v) is 16.9. The lowest BCUT2D eigenvalue weighted by Gasteiger charge is -2.34. The third kappa shape index (κ3) is 8.60. The van der Waals surface area contributed by atoms with Crippen LogP contribution < -0.4 is 14.4 Å². The van der Waals surface area contributed by atoms with E-state index in [1.807, 2.05) is 51.1 Å². The average Bonchev–Trinajstić information content (AvgIpc) is 3.02. The Morgan fingerprint density at radius 1 is 0.891 bits per heavy atom. The molecule has 2 amide bonds. The molecule has 1 unspecified atom stereocenters. The summed E-state index contributed by atoms with van der Waals surface area (Å²) < 4.78 is 35.0. The van der Waals surface area contributed by atoms with Crippen LogP contribution in [0.15, 0.2) is 102 Å². The summed E-state index contributed by atoms with van der Waals surface area (Å²) in [6.07, 6.45) is 0.176. The monoisotopic (exact) mass is 681 g/mol. The highest BCUT2D eigenvalue weighted by Crippen LogP contribution is 2.33. The van der Waals surface area contributed by atoms with E-state index < -0.39 is 28.5 Å². The van der Waals surface area contributed by atoms with Crippen LogP contribution in [0.5, 0.6) is 5.75 Å². The molecule has 0 fully saturated rings. The molecule has 0 aromatic heterocycles. The topological polar surface area (TPSA) is 96.0 Å². The van der Waals surface area contributed by atoms with Crippen molar-refractivity contribution in [2.45, 2.75) is 50.7 Å². The standard InChI is InChI=1S/C35H37Cl2N3O5S/c1-24(2)38-35(42)32(20-26-10-6-5-7-11-26)39(22-27-16-17-28(36)21-30(27)37)34(41)23-40(31-12-8-9-13-33(31)45-4)46(43,44)29-18-14-25(3)15-19-29/h5-19,21,24,32H,20,22-23H2,1-4H3,(H,38,42). The van der Waals surface area contributed by atoms with Gasteiger partial charge in [0.15, 0.2) is 0 Å². The lowest BCUT2D eigenvalue weighted by atomic mass is 10.0. The fourth-order valence-corrected chi connectivity index (χ4v) is 6.85. The Kier molecular flexibility index (Phi) is 11.7. The smallest absolute Gasteiger partial charge is 0.264 e. The number of halogens is 2. The van der Waals surface area contributed by atoms with Gasteiger partial charge in [-0.05, 0) is 68.3 Å². The summed E-state index contributed by atoms with van der Waals surface area (Å²) in [6, 6.07) is 25.9. The van der Waals surface area contributed by atoms with Gasteiger partial charge < -0.3 is 15.0 Å². The second-order valence-electron chi connectivity index (χ2n) is 11.1. The van der Waals surface area contributed by atoms with Crippen LogP contribution >= 0.6 is 23.2 Å². The van der Waals surface area contributed by atoms with Gasteiger partial charge in [0.2, 0.25) is 11.8 Å². The minimum Gasteiger partial charge on any atom is -0.495 e.